The molecule has 0 heterocycles. The van der Waals surface area contributed by atoms with Crippen molar-refractivity contribution in [2.24, 2.45) is 5.73 Å². The normalized spacial score (nSPS) is 13.1. The van der Waals surface area contributed by atoms with Crippen LogP contribution in [0.1, 0.15) is 13.3 Å². The van der Waals surface area contributed by atoms with Crippen LogP contribution >= 0.6 is 0 Å². The number of nitrogens with zero attached hydrogens (tertiary/aromatic N) is 1. The number of primary amides is 1. The van der Waals surface area contributed by atoms with Gasteiger partial charge >= 0.3 is 0 Å². The van der Waals surface area contributed by atoms with Gasteiger partial charge in [-0.2, -0.15) is 0 Å². The summed E-state index contributed by atoms with van der Waals surface area (Å²) >= 11 is 0. The maximum absolute atomic E-state index is 10.8. The molecule has 0 aromatic rings. The Labute approximate surface area is 67.9 Å². The third kappa shape index (κ3) is 3.78. The van der Waals surface area contributed by atoms with Gasteiger partial charge in [0.15, 0.2) is 0 Å². The molecule has 3 heteroatoms. The van der Waals surface area contributed by atoms with E-state index in [1.54, 1.807) is 4.90 Å². The highest BCUT2D eigenvalue weighted by Crippen LogP contribution is 2.05. The maximum atomic E-state index is 10.8. The van der Waals surface area contributed by atoms with Gasteiger partial charge in [0.25, 0.3) is 0 Å². The first-order valence-electron chi connectivity index (χ1n) is 3.55. The fourth-order valence-electron chi connectivity index (χ4n) is 0.868. The van der Waals surface area contributed by atoms with Crippen LogP contribution in [0, 0.1) is 0 Å². The van der Waals surface area contributed by atoms with Crippen LogP contribution in [0.15, 0.2) is 12.2 Å². The largest absolute Gasteiger partial charge is 0.368 e. The summed E-state index contributed by atoms with van der Waals surface area (Å²) < 4.78 is 0. The van der Waals surface area contributed by atoms with Crippen molar-refractivity contribution in [2.75, 3.05) is 14.1 Å². The second-order valence-electron chi connectivity index (χ2n) is 3.04. The molecule has 0 spiro atoms. The Morgan fingerprint density at radius 1 is 1.64 bits per heavy atom. The van der Waals surface area contributed by atoms with E-state index in [1.165, 1.54) is 0 Å². The van der Waals surface area contributed by atoms with Gasteiger partial charge in [0.05, 0.1) is 6.04 Å². The van der Waals surface area contributed by atoms with E-state index in [2.05, 4.69) is 6.58 Å². The van der Waals surface area contributed by atoms with Gasteiger partial charge in [0, 0.05) is 0 Å². The molecule has 0 aliphatic heterocycles. The van der Waals surface area contributed by atoms with E-state index in [4.69, 9.17) is 5.73 Å². The predicted octanol–water partition coefficient (Wildman–Crippen LogP) is 0.368. The molecule has 0 rings (SSSR count). The minimum Gasteiger partial charge on any atom is -0.368 e. The summed E-state index contributed by atoms with van der Waals surface area (Å²) in [6.07, 6.45) is 0.641. The van der Waals surface area contributed by atoms with Crippen molar-refractivity contribution in [3.63, 3.8) is 0 Å². The summed E-state index contributed by atoms with van der Waals surface area (Å²) in [5, 5.41) is 0. The number of rotatable bonds is 4. The first kappa shape index (κ1) is 10.2. The van der Waals surface area contributed by atoms with Crippen molar-refractivity contribution in [2.45, 2.75) is 19.4 Å². The number of hydrogen-bond acceptors (Lipinski definition) is 2. The summed E-state index contributed by atoms with van der Waals surface area (Å²) in [7, 11) is 3.66. The molecule has 0 aromatic carbocycles. The fraction of sp³-hybridized carbons (Fsp3) is 0.625. The van der Waals surface area contributed by atoms with E-state index in [-0.39, 0.29) is 11.9 Å². The molecule has 3 nitrogen and oxygen atoms in total. The Balaban J connectivity index is 4.12. The third-order valence-electron chi connectivity index (χ3n) is 1.49. The van der Waals surface area contributed by atoms with Crippen molar-refractivity contribution in [1.29, 1.82) is 0 Å². The molecule has 0 aliphatic carbocycles. The van der Waals surface area contributed by atoms with Crippen LogP contribution in [0.4, 0.5) is 0 Å². The molecular weight excluding hydrogens is 140 g/mol. The zero-order valence-electron chi connectivity index (χ0n) is 7.42. The lowest BCUT2D eigenvalue weighted by Gasteiger charge is -2.20. The zero-order chi connectivity index (χ0) is 9.02. The molecule has 0 fully saturated rings. The molecule has 1 atom stereocenters. The highest BCUT2D eigenvalue weighted by Gasteiger charge is 2.16. The number of hydrogen-bond donors (Lipinski definition) is 1. The minimum absolute atomic E-state index is 0.215. The van der Waals surface area contributed by atoms with Gasteiger partial charge in [-0.1, -0.05) is 5.57 Å². The van der Waals surface area contributed by atoms with Crippen molar-refractivity contribution < 1.29 is 4.79 Å². The van der Waals surface area contributed by atoms with Crippen LogP contribution in [-0.4, -0.2) is 30.9 Å². The average Bonchev–Trinajstić information content (AvgIpc) is 1.81. The quantitative estimate of drug-likeness (QED) is 0.598. The molecule has 11 heavy (non-hydrogen) atoms. The lowest BCUT2D eigenvalue weighted by molar-refractivity contribution is -0.122. The summed E-state index contributed by atoms with van der Waals surface area (Å²) in [5.41, 5.74) is 6.14. The van der Waals surface area contributed by atoms with Gasteiger partial charge in [-0.3, -0.25) is 9.69 Å². The summed E-state index contributed by atoms with van der Waals surface area (Å²) in [4.78, 5) is 12.6. The molecule has 0 aromatic heterocycles. The maximum Gasteiger partial charge on any atom is 0.235 e. The van der Waals surface area contributed by atoms with Crippen LogP contribution in [0.3, 0.4) is 0 Å². The fourth-order valence-corrected chi connectivity index (χ4v) is 0.868. The van der Waals surface area contributed by atoms with Crippen LogP contribution in [0.25, 0.3) is 0 Å². The van der Waals surface area contributed by atoms with Crippen LogP contribution in [0.2, 0.25) is 0 Å². The number of likely N-dealkylation sites (N-methyl/N-ethyl adjacent to an activating group) is 1. The van der Waals surface area contributed by atoms with E-state index in [1.807, 2.05) is 21.0 Å². The Hall–Kier alpha value is -0.830. The Bertz CT molecular complexity index is 163. The first-order chi connectivity index (χ1) is 4.95. The standard InChI is InChI=1S/C8H16N2O/c1-6(2)5-7(8(9)11)10(3)4/h7H,1,5H2,2-4H3,(H2,9,11). The van der Waals surface area contributed by atoms with E-state index in [0.29, 0.717) is 6.42 Å². The topological polar surface area (TPSA) is 46.3 Å². The van der Waals surface area contributed by atoms with Crippen molar-refractivity contribution >= 4 is 5.91 Å². The predicted molar refractivity (Wildman–Crippen MR) is 46.1 cm³/mol. The summed E-state index contributed by atoms with van der Waals surface area (Å²) in [5.74, 6) is -0.294. The second kappa shape index (κ2) is 4.13. The number of carbonyl (C=O) groups excluding carboxylic acids is 1. The monoisotopic (exact) mass is 156 g/mol. The molecular formula is C8H16N2O. The van der Waals surface area contributed by atoms with Gasteiger partial charge in [0.2, 0.25) is 5.91 Å². The van der Waals surface area contributed by atoms with E-state index < -0.39 is 0 Å². The van der Waals surface area contributed by atoms with Crippen LogP contribution in [0.5, 0.6) is 0 Å². The highest BCUT2D eigenvalue weighted by molar-refractivity contribution is 5.80. The first-order valence-corrected chi connectivity index (χ1v) is 3.55. The second-order valence-corrected chi connectivity index (χ2v) is 3.04. The molecule has 0 saturated heterocycles. The average molecular weight is 156 g/mol. The van der Waals surface area contributed by atoms with Gasteiger partial charge < -0.3 is 5.73 Å². The lowest BCUT2D eigenvalue weighted by atomic mass is 10.1. The smallest absolute Gasteiger partial charge is 0.235 e. The SMILES string of the molecule is C=C(C)CC(C(N)=O)N(C)C. The van der Waals surface area contributed by atoms with Gasteiger partial charge in [-0.05, 0) is 27.4 Å². The van der Waals surface area contributed by atoms with Crippen LogP contribution < -0.4 is 5.73 Å². The van der Waals surface area contributed by atoms with Crippen molar-refractivity contribution in [1.82, 2.24) is 4.90 Å². The van der Waals surface area contributed by atoms with Gasteiger partial charge in [-0.15, -0.1) is 6.58 Å². The number of carbonyl (C=O) groups is 1. The minimum atomic E-state index is -0.294. The van der Waals surface area contributed by atoms with Gasteiger partial charge in [-0.25, -0.2) is 0 Å². The van der Waals surface area contributed by atoms with Crippen molar-refractivity contribution in [3.8, 4) is 0 Å². The molecule has 0 radical (unpaired) electrons. The lowest BCUT2D eigenvalue weighted by Crippen LogP contribution is -2.40. The number of nitrogens with two attached hydrogens (primary N) is 1. The van der Waals surface area contributed by atoms with E-state index >= 15 is 0 Å². The summed E-state index contributed by atoms with van der Waals surface area (Å²) in [6.45, 7) is 5.61. The molecule has 1 amide bonds. The van der Waals surface area contributed by atoms with Crippen LogP contribution in [-0.2, 0) is 4.79 Å². The van der Waals surface area contributed by atoms with Crippen molar-refractivity contribution in [3.05, 3.63) is 12.2 Å². The highest BCUT2D eigenvalue weighted by atomic mass is 16.1. The Morgan fingerprint density at radius 2 is 2.09 bits per heavy atom. The van der Waals surface area contributed by atoms with E-state index in [9.17, 15) is 4.79 Å². The zero-order valence-corrected chi connectivity index (χ0v) is 7.42. The molecule has 0 aliphatic rings. The molecule has 64 valence electrons. The number of amides is 1. The molecule has 1 unspecified atom stereocenters. The molecule has 0 bridgehead atoms. The Kier molecular flexibility index (Phi) is 3.82. The molecule has 2 N–H and O–H groups in total. The van der Waals surface area contributed by atoms with Gasteiger partial charge in [0.1, 0.15) is 0 Å². The van der Waals surface area contributed by atoms with E-state index in [0.717, 1.165) is 5.57 Å². The molecule has 0 saturated carbocycles. The summed E-state index contributed by atoms with van der Waals surface area (Å²) in [6, 6.07) is -0.215. The third-order valence-corrected chi connectivity index (χ3v) is 1.49. The Morgan fingerprint density at radius 3 is 2.18 bits per heavy atom.